The monoisotopic (exact) mass is 518 g/mol. The van der Waals surface area contributed by atoms with E-state index in [1.807, 2.05) is 0 Å². The molecule has 0 atom stereocenters. The maximum absolute atomic E-state index is 10.6. The Balaban J connectivity index is -0.0000000960. The van der Waals surface area contributed by atoms with Crippen LogP contribution in [-0.4, -0.2) is 91.4 Å². The summed E-state index contributed by atoms with van der Waals surface area (Å²) in [6, 6.07) is 0. The quantitative estimate of drug-likeness (QED) is 0.173. The smallest absolute Gasteiger partial charge is 0.475 e. The molecule has 0 aromatic heterocycles. The zero-order valence-corrected chi connectivity index (χ0v) is 13.9. The number of carboxylic acid groups (broad SMARTS) is 4. The second-order valence-corrected chi connectivity index (χ2v) is 3.56. The van der Waals surface area contributed by atoms with Crippen molar-refractivity contribution in [1.82, 2.24) is 0 Å². The van der Waals surface area contributed by atoms with Crippen molar-refractivity contribution < 1.29 is 107 Å². The van der Waals surface area contributed by atoms with Crippen molar-refractivity contribution in [3.05, 3.63) is 0 Å². The van der Waals surface area contributed by atoms with Gasteiger partial charge in [0.25, 0.3) is 0 Å². The Bertz CT molecular complexity index is 479. The van der Waals surface area contributed by atoms with E-state index in [1.54, 1.807) is 0 Å². The van der Waals surface area contributed by atoms with Crippen LogP contribution in [0.3, 0.4) is 0 Å². The van der Waals surface area contributed by atoms with Crippen molar-refractivity contribution in [2.75, 3.05) is 0 Å². The number of carbonyl (C=O) groups is 4. The lowest BCUT2D eigenvalue weighted by Crippen LogP contribution is -2.21. The summed E-state index contributed by atoms with van der Waals surface area (Å²) in [5.41, 5.74) is 0. The molecule has 192 valence electrons. The summed E-state index contributed by atoms with van der Waals surface area (Å²) >= 11 is 0. The zero-order chi connectivity index (χ0) is 27.9. The first kappa shape index (κ1) is 39.5. The topological polar surface area (TPSA) is 210 Å². The molecule has 0 bridgehead atoms. The standard InChI is InChI=1S/4C2HF3O2.BH3O3/c4*3-2(4,5)1(6)7;2-1(3)4/h4*(H,6,7);2-4H. The number of carboxylic acids is 4. The summed E-state index contributed by atoms with van der Waals surface area (Å²) in [6.45, 7) is 0. The van der Waals surface area contributed by atoms with Crippen LogP contribution in [0.2, 0.25) is 0 Å². The van der Waals surface area contributed by atoms with E-state index in [4.69, 9.17) is 54.7 Å². The third-order valence-corrected chi connectivity index (χ3v) is 0.970. The molecule has 0 spiro atoms. The fourth-order valence-corrected chi connectivity index (χ4v) is 0. The minimum Gasteiger partial charge on any atom is -0.475 e. The van der Waals surface area contributed by atoms with Gasteiger partial charge in [-0.05, 0) is 0 Å². The van der Waals surface area contributed by atoms with E-state index >= 15 is 0 Å². The molecule has 7 N–H and O–H groups in total. The summed E-state index contributed by atoms with van der Waals surface area (Å²) < 4.78 is 127. The van der Waals surface area contributed by atoms with Gasteiger partial charge in [-0.15, -0.1) is 0 Å². The molecule has 0 saturated heterocycles. The van der Waals surface area contributed by atoms with E-state index in [0.717, 1.165) is 0 Å². The average Bonchev–Trinajstić information content (AvgIpc) is 2.44. The first-order valence-electron chi connectivity index (χ1n) is 5.75. The Morgan fingerprint density at radius 3 is 0.438 bits per heavy atom. The minimum atomic E-state index is -5.08. The Morgan fingerprint density at radius 2 is 0.438 bits per heavy atom. The van der Waals surface area contributed by atoms with Crippen LogP contribution in [0.4, 0.5) is 52.7 Å². The molecule has 0 aromatic rings. The van der Waals surface area contributed by atoms with Gasteiger partial charge in [0, 0.05) is 0 Å². The molecule has 0 saturated carbocycles. The third-order valence-electron chi connectivity index (χ3n) is 0.970. The number of hydrogen-bond acceptors (Lipinski definition) is 7. The van der Waals surface area contributed by atoms with Crippen LogP contribution in [0.25, 0.3) is 0 Å². The molecular formula is C8H7BF12O11. The predicted octanol–water partition coefficient (Wildman–Crippen LogP) is 0.481. The van der Waals surface area contributed by atoms with Crippen LogP contribution < -0.4 is 0 Å². The molecule has 11 nitrogen and oxygen atoms in total. The second-order valence-electron chi connectivity index (χ2n) is 3.56. The molecule has 24 heteroatoms. The Kier molecular flexibility index (Phi) is 19.4. The fraction of sp³-hybridized carbons (Fsp3) is 0.500. The number of rotatable bonds is 0. The van der Waals surface area contributed by atoms with Crippen LogP contribution in [0, 0.1) is 0 Å². The van der Waals surface area contributed by atoms with E-state index < -0.39 is 55.9 Å². The van der Waals surface area contributed by atoms with Crippen molar-refractivity contribution in [2.24, 2.45) is 0 Å². The summed E-state index contributed by atoms with van der Waals surface area (Å²) in [5, 5.41) is 50.0. The van der Waals surface area contributed by atoms with E-state index in [0.29, 0.717) is 0 Å². The number of aliphatic carboxylic acids is 4. The SMILES string of the molecule is O=C(O)C(F)(F)F.O=C(O)C(F)(F)F.O=C(O)C(F)(F)F.O=C(O)C(F)(F)F.OB(O)O. The maximum Gasteiger partial charge on any atom is 0.631 e. The second kappa shape index (κ2) is 15.7. The first-order valence-corrected chi connectivity index (χ1v) is 5.75. The van der Waals surface area contributed by atoms with Crippen LogP contribution >= 0.6 is 0 Å². The molecule has 0 amide bonds. The van der Waals surface area contributed by atoms with Gasteiger partial charge in [0.2, 0.25) is 0 Å². The van der Waals surface area contributed by atoms with Gasteiger partial charge in [-0.2, -0.15) is 52.7 Å². The molecule has 0 aromatic carbocycles. The highest BCUT2D eigenvalue weighted by molar-refractivity contribution is 6.30. The summed E-state index contributed by atoms with van der Waals surface area (Å²) in [6.07, 6.45) is -20.3. The number of halogens is 12. The average molecular weight is 518 g/mol. The Morgan fingerprint density at radius 1 is 0.406 bits per heavy atom. The lowest BCUT2D eigenvalue weighted by molar-refractivity contribution is -0.193. The molecular weight excluding hydrogens is 511 g/mol. The van der Waals surface area contributed by atoms with Gasteiger partial charge < -0.3 is 35.5 Å². The maximum atomic E-state index is 10.6. The van der Waals surface area contributed by atoms with Gasteiger partial charge in [0.05, 0.1) is 0 Å². The van der Waals surface area contributed by atoms with Crippen LogP contribution in [0.5, 0.6) is 0 Å². The number of hydrogen-bond donors (Lipinski definition) is 7. The number of alkyl halides is 12. The first-order chi connectivity index (χ1) is 13.5. The third kappa shape index (κ3) is 41.4. The van der Waals surface area contributed by atoms with Crippen molar-refractivity contribution in [2.45, 2.75) is 24.7 Å². The molecule has 32 heavy (non-hydrogen) atoms. The summed E-state index contributed by atoms with van der Waals surface area (Å²) in [4.78, 5) is 35.6. The molecule has 0 aliphatic heterocycles. The van der Waals surface area contributed by atoms with E-state index in [9.17, 15) is 52.7 Å². The van der Waals surface area contributed by atoms with Crippen LogP contribution in [0.15, 0.2) is 0 Å². The molecule has 0 radical (unpaired) electrons. The normalized spacial score (nSPS) is 10.7. The van der Waals surface area contributed by atoms with E-state index in [2.05, 4.69) is 0 Å². The molecule has 0 unspecified atom stereocenters. The van der Waals surface area contributed by atoms with Crippen LogP contribution in [0.1, 0.15) is 0 Å². The lowest BCUT2D eigenvalue weighted by Gasteiger charge is -1.93. The van der Waals surface area contributed by atoms with Gasteiger partial charge in [-0.3, -0.25) is 0 Å². The molecule has 0 fully saturated rings. The van der Waals surface area contributed by atoms with Crippen molar-refractivity contribution in [1.29, 1.82) is 0 Å². The Hall–Kier alpha value is -3.02. The van der Waals surface area contributed by atoms with Gasteiger partial charge in [-0.25, -0.2) is 19.2 Å². The van der Waals surface area contributed by atoms with Crippen molar-refractivity contribution >= 4 is 31.2 Å². The zero-order valence-electron chi connectivity index (χ0n) is 13.9. The highest BCUT2D eigenvalue weighted by Crippen LogP contribution is 2.14. The summed E-state index contributed by atoms with van der Waals surface area (Å²) in [7, 11) is -2.17. The molecule has 0 rings (SSSR count). The van der Waals surface area contributed by atoms with E-state index in [1.165, 1.54) is 0 Å². The van der Waals surface area contributed by atoms with Crippen molar-refractivity contribution in [3.63, 3.8) is 0 Å². The molecule has 0 heterocycles. The van der Waals surface area contributed by atoms with E-state index in [-0.39, 0.29) is 0 Å². The predicted molar refractivity (Wildman–Crippen MR) is 67.2 cm³/mol. The lowest BCUT2D eigenvalue weighted by atomic mass is 10.3. The molecule has 0 aliphatic carbocycles. The summed E-state index contributed by atoms with van der Waals surface area (Å²) in [5.74, 6) is -11.0. The molecule has 0 aliphatic rings. The van der Waals surface area contributed by atoms with Gasteiger partial charge >= 0.3 is 55.9 Å². The van der Waals surface area contributed by atoms with Gasteiger partial charge in [0.1, 0.15) is 0 Å². The van der Waals surface area contributed by atoms with Crippen molar-refractivity contribution in [3.8, 4) is 0 Å². The largest absolute Gasteiger partial charge is 0.631 e. The van der Waals surface area contributed by atoms with Gasteiger partial charge in [0.15, 0.2) is 0 Å². The highest BCUT2D eigenvalue weighted by Gasteiger charge is 2.39. The van der Waals surface area contributed by atoms with Crippen LogP contribution in [-0.2, 0) is 19.2 Å². The Labute approximate surface area is 164 Å². The fourth-order valence-electron chi connectivity index (χ4n) is 0. The van der Waals surface area contributed by atoms with Gasteiger partial charge in [-0.1, -0.05) is 0 Å². The highest BCUT2D eigenvalue weighted by atomic mass is 19.4. The minimum absolute atomic E-state index is 2.17.